The largest absolute Gasteiger partial charge is 0.497 e. The molecule has 0 radical (unpaired) electrons. The van der Waals surface area contributed by atoms with E-state index in [0.717, 1.165) is 5.56 Å². The fraction of sp³-hybridized carbons (Fsp3) is 0.294. The number of carboxylic acids is 1. The van der Waals surface area contributed by atoms with Gasteiger partial charge < -0.3 is 20.1 Å². The molecule has 3 N–H and O–H groups in total. The summed E-state index contributed by atoms with van der Waals surface area (Å²) in [5.41, 5.74) is 0.900. The van der Waals surface area contributed by atoms with Gasteiger partial charge in [-0.1, -0.05) is 12.1 Å². The molecule has 1 aromatic carbocycles. The number of amides is 1. The first kappa shape index (κ1) is 16.6. The number of ether oxygens (including phenoxy) is 1. The van der Waals surface area contributed by atoms with Crippen LogP contribution < -0.4 is 10.1 Å². The van der Waals surface area contributed by atoms with Crippen molar-refractivity contribution in [2.45, 2.75) is 25.8 Å². The number of aromatic amines is 1. The zero-order valence-electron chi connectivity index (χ0n) is 13.3. The van der Waals surface area contributed by atoms with Crippen LogP contribution in [-0.4, -0.2) is 29.1 Å². The molecule has 1 aromatic heterocycles. The number of methoxy groups -OCH3 is 1. The highest BCUT2D eigenvalue weighted by molar-refractivity contribution is 5.96. The third-order valence-corrected chi connectivity index (χ3v) is 3.80. The third-order valence-electron chi connectivity index (χ3n) is 3.80. The Kier molecular flexibility index (Phi) is 4.74. The van der Waals surface area contributed by atoms with Crippen molar-refractivity contribution >= 4 is 11.9 Å². The van der Waals surface area contributed by atoms with Crippen LogP contribution in [0.4, 0.5) is 0 Å². The van der Waals surface area contributed by atoms with Gasteiger partial charge in [0.15, 0.2) is 0 Å². The number of benzene rings is 1. The average Bonchev–Trinajstić information content (AvgIpc) is 2.92. The highest BCUT2D eigenvalue weighted by atomic mass is 16.5. The van der Waals surface area contributed by atoms with E-state index in [4.69, 9.17) is 4.74 Å². The minimum Gasteiger partial charge on any atom is -0.497 e. The summed E-state index contributed by atoms with van der Waals surface area (Å²) in [6.45, 7) is 3.50. The van der Waals surface area contributed by atoms with Crippen LogP contribution in [0.15, 0.2) is 36.7 Å². The van der Waals surface area contributed by atoms with Crippen molar-refractivity contribution in [2.24, 2.45) is 0 Å². The number of carbonyl (C=O) groups is 2. The van der Waals surface area contributed by atoms with Crippen molar-refractivity contribution in [1.29, 1.82) is 0 Å². The third kappa shape index (κ3) is 3.71. The van der Waals surface area contributed by atoms with E-state index in [2.05, 4.69) is 10.3 Å². The zero-order chi connectivity index (χ0) is 17.0. The van der Waals surface area contributed by atoms with Gasteiger partial charge in [0.25, 0.3) is 5.91 Å². The maximum Gasteiger partial charge on any atom is 0.306 e. The van der Waals surface area contributed by atoms with Crippen LogP contribution in [-0.2, 0) is 10.3 Å². The van der Waals surface area contributed by atoms with Crippen LogP contribution in [0, 0.1) is 6.92 Å². The monoisotopic (exact) mass is 316 g/mol. The Morgan fingerprint density at radius 2 is 2.09 bits per heavy atom. The minimum absolute atomic E-state index is 0.241. The summed E-state index contributed by atoms with van der Waals surface area (Å²) < 4.78 is 5.19. The number of aryl methyl sites for hydroxylation is 1. The molecule has 1 amide bonds. The molecule has 2 aromatic rings. The van der Waals surface area contributed by atoms with Gasteiger partial charge in [0.1, 0.15) is 5.75 Å². The van der Waals surface area contributed by atoms with Gasteiger partial charge >= 0.3 is 5.97 Å². The predicted molar refractivity (Wildman–Crippen MR) is 85.6 cm³/mol. The predicted octanol–water partition coefficient (Wildman–Crippen LogP) is 2.45. The maximum absolute atomic E-state index is 12.5. The second-order valence-corrected chi connectivity index (χ2v) is 5.64. The van der Waals surface area contributed by atoms with Crippen LogP contribution in [0.2, 0.25) is 0 Å². The summed E-state index contributed by atoms with van der Waals surface area (Å²) in [5, 5.41) is 12.1. The molecule has 1 atom stereocenters. The lowest BCUT2D eigenvalue weighted by Gasteiger charge is -2.30. The minimum atomic E-state index is -1.05. The Bertz CT molecular complexity index is 723. The molecular formula is C17H20N2O4. The maximum atomic E-state index is 12.5. The van der Waals surface area contributed by atoms with Gasteiger partial charge in [-0.15, -0.1) is 0 Å². The van der Waals surface area contributed by atoms with E-state index < -0.39 is 11.5 Å². The highest BCUT2D eigenvalue weighted by Gasteiger charge is 2.32. The molecule has 0 aliphatic heterocycles. The van der Waals surface area contributed by atoms with Crippen LogP contribution in [0.1, 0.15) is 34.8 Å². The Morgan fingerprint density at radius 3 is 2.65 bits per heavy atom. The Labute approximate surface area is 134 Å². The molecule has 23 heavy (non-hydrogen) atoms. The van der Waals surface area contributed by atoms with E-state index >= 15 is 0 Å². The summed E-state index contributed by atoms with van der Waals surface area (Å²) in [6.07, 6.45) is 3.07. The van der Waals surface area contributed by atoms with E-state index in [9.17, 15) is 14.7 Å². The average molecular weight is 316 g/mol. The molecule has 0 fully saturated rings. The van der Waals surface area contributed by atoms with Crippen molar-refractivity contribution in [1.82, 2.24) is 10.3 Å². The van der Waals surface area contributed by atoms with Crippen molar-refractivity contribution in [2.75, 3.05) is 7.11 Å². The number of carbonyl (C=O) groups excluding carboxylic acids is 1. The number of rotatable bonds is 6. The zero-order valence-corrected chi connectivity index (χ0v) is 13.3. The summed E-state index contributed by atoms with van der Waals surface area (Å²) in [7, 11) is 1.54. The molecule has 0 bridgehead atoms. The molecule has 0 aliphatic rings. The molecule has 1 heterocycles. The second-order valence-electron chi connectivity index (χ2n) is 5.64. The molecule has 0 spiro atoms. The number of aliphatic carboxylic acids is 1. The molecule has 0 saturated carbocycles. The molecule has 2 rings (SSSR count). The topological polar surface area (TPSA) is 91.4 Å². The fourth-order valence-corrected chi connectivity index (χ4v) is 2.49. The molecule has 6 nitrogen and oxygen atoms in total. The number of hydrogen-bond donors (Lipinski definition) is 3. The number of nitrogens with one attached hydrogen (secondary N) is 2. The van der Waals surface area contributed by atoms with E-state index in [1.807, 2.05) is 6.92 Å². The first-order valence-electron chi connectivity index (χ1n) is 7.18. The lowest BCUT2D eigenvalue weighted by molar-refractivity contribution is -0.138. The highest BCUT2D eigenvalue weighted by Crippen LogP contribution is 2.28. The number of hydrogen-bond acceptors (Lipinski definition) is 3. The van der Waals surface area contributed by atoms with Crippen LogP contribution in [0.3, 0.4) is 0 Å². The lowest BCUT2D eigenvalue weighted by atomic mass is 9.88. The number of aromatic nitrogens is 1. The Balaban J connectivity index is 2.37. The Morgan fingerprint density at radius 1 is 1.35 bits per heavy atom. The van der Waals surface area contributed by atoms with Crippen molar-refractivity contribution < 1.29 is 19.4 Å². The van der Waals surface area contributed by atoms with Gasteiger partial charge in [0.2, 0.25) is 0 Å². The van der Waals surface area contributed by atoms with Crippen LogP contribution in [0.25, 0.3) is 0 Å². The van der Waals surface area contributed by atoms with E-state index in [0.29, 0.717) is 16.9 Å². The van der Waals surface area contributed by atoms with Crippen molar-refractivity contribution in [3.05, 3.63) is 53.3 Å². The first-order valence-corrected chi connectivity index (χ1v) is 7.18. The quantitative estimate of drug-likeness (QED) is 0.763. The fourth-order valence-electron chi connectivity index (χ4n) is 2.49. The smallest absolute Gasteiger partial charge is 0.306 e. The van der Waals surface area contributed by atoms with Crippen LogP contribution >= 0.6 is 0 Å². The number of H-pyrrole nitrogens is 1. The molecule has 0 aliphatic carbocycles. The van der Waals surface area contributed by atoms with Crippen LogP contribution in [0.5, 0.6) is 5.75 Å². The van der Waals surface area contributed by atoms with Gasteiger partial charge in [-0.2, -0.15) is 0 Å². The molecule has 1 unspecified atom stereocenters. The van der Waals surface area contributed by atoms with Gasteiger partial charge in [-0.05, 0) is 37.1 Å². The molecule has 0 saturated heterocycles. The van der Waals surface area contributed by atoms with Crippen molar-refractivity contribution in [3.63, 3.8) is 0 Å². The second kappa shape index (κ2) is 6.56. The van der Waals surface area contributed by atoms with Gasteiger partial charge in [-0.25, -0.2) is 0 Å². The van der Waals surface area contributed by atoms with Crippen molar-refractivity contribution in [3.8, 4) is 5.75 Å². The summed E-state index contributed by atoms with van der Waals surface area (Å²) >= 11 is 0. The standard InChI is InChI=1S/C17H20N2O4/c1-11-9-18-10-14(11)16(22)19-17(2,8-15(20)21)12-5-4-6-13(7-12)23-3/h4-7,9-10,18H,8H2,1-3H3,(H,19,22)(H,20,21). The van der Waals surface area contributed by atoms with Gasteiger partial charge in [0.05, 0.1) is 24.6 Å². The normalized spacial score (nSPS) is 13.2. The SMILES string of the molecule is COc1cccc(C(C)(CC(=O)O)NC(=O)c2c[nH]cc2C)c1. The summed E-state index contributed by atoms with van der Waals surface area (Å²) in [5.74, 6) is -0.720. The van der Waals surface area contributed by atoms with E-state index in [-0.39, 0.29) is 12.3 Å². The van der Waals surface area contributed by atoms with E-state index in [1.54, 1.807) is 43.6 Å². The Hall–Kier alpha value is -2.76. The first-order chi connectivity index (χ1) is 10.9. The number of carboxylic acid groups (broad SMARTS) is 1. The molecular weight excluding hydrogens is 296 g/mol. The van der Waals surface area contributed by atoms with Gasteiger partial charge in [-0.3, -0.25) is 9.59 Å². The van der Waals surface area contributed by atoms with E-state index in [1.165, 1.54) is 7.11 Å². The lowest BCUT2D eigenvalue weighted by Crippen LogP contribution is -2.45. The summed E-state index contributed by atoms with van der Waals surface area (Å²) in [6, 6.07) is 7.04. The summed E-state index contributed by atoms with van der Waals surface area (Å²) in [4.78, 5) is 26.7. The molecule has 122 valence electrons. The van der Waals surface area contributed by atoms with Gasteiger partial charge in [0, 0.05) is 12.4 Å². The molecule has 6 heteroatoms.